The van der Waals surface area contributed by atoms with E-state index in [1.807, 2.05) is 13.8 Å². The van der Waals surface area contributed by atoms with E-state index >= 15 is 0 Å². The molecular formula is C26H36O2. The lowest BCUT2D eigenvalue weighted by molar-refractivity contribution is -0.147. The van der Waals surface area contributed by atoms with Gasteiger partial charge in [-0.3, -0.25) is 4.79 Å². The van der Waals surface area contributed by atoms with Gasteiger partial charge in [0.1, 0.15) is 0 Å². The zero-order chi connectivity index (χ0) is 20.3. The molecule has 0 aromatic heterocycles. The Morgan fingerprint density at radius 2 is 1.36 bits per heavy atom. The molecule has 0 aliphatic heterocycles. The van der Waals surface area contributed by atoms with Crippen LogP contribution in [0.25, 0.3) is 0 Å². The van der Waals surface area contributed by atoms with Crippen LogP contribution >= 0.6 is 0 Å². The Bertz CT molecular complexity index is 621. The van der Waals surface area contributed by atoms with Crippen LogP contribution in [0.15, 0.2) is 78.9 Å². The molecule has 0 saturated heterocycles. The van der Waals surface area contributed by atoms with E-state index in [2.05, 4.69) is 78.9 Å². The summed E-state index contributed by atoms with van der Waals surface area (Å²) in [6.45, 7) is 3.76. The highest BCUT2D eigenvalue weighted by molar-refractivity contribution is 5.69. The summed E-state index contributed by atoms with van der Waals surface area (Å²) in [4.78, 5) is 11.4. The number of rotatable bonds is 14. The van der Waals surface area contributed by atoms with E-state index in [9.17, 15) is 4.79 Å². The zero-order valence-electron chi connectivity index (χ0n) is 17.6. The molecule has 2 heteroatoms. The van der Waals surface area contributed by atoms with Gasteiger partial charge in [0, 0.05) is 6.42 Å². The van der Waals surface area contributed by atoms with E-state index in [-0.39, 0.29) is 12.1 Å². The van der Waals surface area contributed by atoms with Gasteiger partial charge in [0.15, 0.2) is 0 Å². The Labute approximate surface area is 171 Å². The Morgan fingerprint density at radius 3 is 1.93 bits per heavy atom. The van der Waals surface area contributed by atoms with Crippen molar-refractivity contribution in [1.82, 2.24) is 0 Å². The van der Waals surface area contributed by atoms with Crippen molar-refractivity contribution in [2.45, 2.75) is 71.3 Å². The van der Waals surface area contributed by atoms with E-state index in [1.54, 1.807) is 0 Å². The van der Waals surface area contributed by atoms with Gasteiger partial charge in [0.05, 0.1) is 6.10 Å². The van der Waals surface area contributed by atoms with Gasteiger partial charge in [0.2, 0.25) is 0 Å². The van der Waals surface area contributed by atoms with Gasteiger partial charge in [-0.1, -0.05) is 78.9 Å². The second kappa shape index (κ2) is 16.8. The molecule has 2 nitrogen and oxygen atoms in total. The minimum Gasteiger partial charge on any atom is -0.463 e. The quantitative estimate of drug-likeness (QED) is 0.195. The number of unbranched alkanes of at least 4 members (excludes halogenated alkanes) is 1. The van der Waals surface area contributed by atoms with Gasteiger partial charge in [-0.05, 0) is 64.4 Å². The normalized spacial score (nSPS) is 12.2. The largest absolute Gasteiger partial charge is 0.463 e. The molecule has 1 aromatic carbocycles. The van der Waals surface area contributed by atoms with Crippen LogP contribution in [0.3, 0.4) is 0 Å². The lowest BCUT2D eigenvalue weighted by Gasteiger charge is -2.06. The minimum absolute atomic E-state index is 0.0158. The lowest BCUT2D eigenvalue weighted by atomic mass is 10.1. The summed E-state index contributed by atoms with van der Waals surface area (Å²) in [5.41, 5.74) is 1.40. The third kappa shape index (κ3) is 14.8. The number of esters is 1. The monoisotopic (exact) mass is 380 g/mol. The average Bonchev–Trinajstić information content (AvgIpc) is 2.68. The maximum atomic E-state index is 11.4. The molecule has 0 spiro atoms. The SMILES string of the molecule is CC(C)OC(=O)CCC/C=C\C/C=C\C/C=C\C/C=C\CCc1ccccc1. The average molecular weight is 381 g/mol. The molecule has 0 fully saturated rings. The number of benzene rings is 1. The molecule has 0 heterocycles. The van der Waals surface area contributed by atoms with Gasteiger partial charge < -0.3 is 4.74 Å². The molecule has 0 amide bonds. The first-order valence-corrected chi connectivity index (χ1v) is 10.5. The molecule has 1 rings (SSSR count). The second-order valence-corrected chi connectivity index (χ2v) is 7.05. The molecule has 152 valence electrons. The summed E-state index contributed by atoms with van der Waals surface area (Å²) in [5, 5.41) is 0. The first-order valence-electron chi connectivity index (χ1n) is 10.5. The summed E-state index contributed by atoms with van der Waals surface area (Å²) in [7, 11) is 0. The van der Waals surface area contributed by atoms with Crippen LogP contribution in [0, 0.1) is 0 Å². The molecule has 0 unspecified atom stereocenters. The Kier molecular flexibility index (Phi) is 14.2. The fraction of sp³-hybridized carbons (Fsp3) is 0.423. The van der Waals surface area contributed by atoms with Crippen molar-refractivity contribution in [3.63, 3.8) is 0 Å². The Hall–Kier alpha value is -2.35. The minimum atomic E-state index is -0.0962. The molecule has 0 aliphatic rings. The van der Waals surface area contributed by atoms with Crippen LogP contribution in [0.2, 0.25) is 0 Å². The number of hydrogen-bond acceptors (Lipinski definition) is 2. The van der Waals surface area contributed by atoms with Crippen molar-refractivity contribution < 1.29 is 9.53 Å². The summed E-state index contributed by atoms with van der Waals surface area (Å²) in [6.07, 6.45) is 25.0. The van der Waals surface area contributed by atoms with Gasteiger partial charge in [-0.2, -0.15) is 0 Å². The number of hydrogen-bond donors (Lipinski definition) is 0. The first kappa shape index (κ1) is 23.7. The molecular weight excluding hydrogens is 344 g/mol. The summed E-state index contributed by atoms with van der Waals surface area (Å²) in [5.74, 6) is -0.0962. The van der Waals surface area contributed by atoms with Crippen molar-refractivity contribution in [3.05, 3.63) is 84.5 Å². The molecule has 28 heavy (non-hydrogen) atoms. The van der Waals surface area contributed by atoms with Crippen LogP contribution in [0.1, 0.15) is 64.4 Å². The van der Waals surface area contributed by atoms with E-state index in [4.69, 9.17) is 4.74 Å². The highest BCUT2D eigenvalue weighted by atomic mass is 16.5. The number of ether oxygens (including phenoxy) is 1. The van der Waals surface area contributed by atoms with E-state index in [0.717, 1.165) is 44.9 Å². The maximum absolute atomic E-state index is 11.4. The summed E-state index contributed by atoms with van der Waals surface area (Å²) in [6, 6.07) is 10.6. The fourth-order valence-corrected chi connectivity index (χ4v) is 2.63. The van der Waals surface area contributed by atoms with Crippen LogP contribution < -0.4 is 0 Å². The molecule has 0 N–H and O–H groups in total. The van der Waals surface area contributed by atoms with Crippen molar-refractivity contribution in [3.8, 4) is 0 Å². The predicted molar refractivity (Wildman–Crippen MR) is 120 cm³/mol. The van der Waals surface area contributed by atoms with Gasteiger partial charge in [0.25, 0.3) is 0 Å². The summed E-state index contributed by atoms with van der Waals surface area (Å²) >= 11 is 0. The number of allylic oxidation sites excluding steroid dienone is 8. The number of carbonyl (C=O) groups is 1. The molecule has 0 atom stereocenters. The van der Waals surface area contributed by atoms with Crippen molar-refractivity contribution in [1.29, 1.82) is 0 Å². The topological polar surface area (TPSA) is 26.3 Å². The van der Waals surface area contributed by atoms with E-state index in [1.165, 1.54) is 5.56 Å². The number of aryl methyl sites for hydroxylation is 1. The second-order valence-electron chi connectivity index (χ2n) is 7.05. The van der Waals surface area contributed by atoms with Crippen molar-refractivity contribution in [2.75, 3.05) is 0 Å². The first-order chi connectivity index (χ1) is 13.7. The predicted octanol–water partition coefficient (Wildman–Crippen LogP) is 7.14. The Balaban J connectivity index is 1.95. The standard InChI is InChI=1S/C26H36O2/c1-24(2)28-26(27)23-19-14-12-10-8-6-4-3-5-7-9-11-13-16-20-25-21-17-15-18-22-25/h4-7,10-13,15,17-18,21-22,24H,3,8-9,14,16,19-20,23H2,1-2H3/b6-4-,7-5-,12-10-,13-11-. The van der Waals surface area contributed by atoms with Crippen LogP contribution in [0.4, 0.5) is 0 Å². The zero-order valence-corrected chi connectivity index (χ0v) is 17.6. The van der Waals surface area contributed by atoms with Crippen LogP contribution in [-0.2, 0) is 16.0 Å². The van der Waals surface area contributed by atoms with Crippen LogP contribution in [-0.4, -0.2) is 12.1 Å². The van der Waals surface area contributed by atoms with E-state index in [0.29, 0.717) is 6.42 Å². The molecule has 0 bridgehead atoms. The van der Waals surface area contributed by atoms with Crippen LogP contribution in [0.5, 0.6) is 0 Å². The lowest BCUT2D eigenvalue weighted by Crippen LogP contribution is -2.10. The number of carbonyl (C=O) groups excluding carboxylic acids is 1. The van der Waals surface area contributed by atoms with E-state index < -0.39 is 0 Å². The van der Waals surface area contributed by atoms with Crippen molar-refractivity contribution in [2.24, 2.45) is 0 Å². The maximum Gasteiger partial charge on any atom is 0.306 e. The molecule has 0 aliphatic carbocycles. The van der Waals surface area contributed by atoms with Gasteiger partial charge in [-0.15, -0.1) is 0 Å². The molecule has 1 aromatic rings. The molecule has 0 saturated carbocycles. The summed E-state index contributed by atoms with van der Waals surface area (Å²) < 4.78 is 5.10. The third-order valence-corrected chi connectivity index (χ3v) is 4.04. The highest BCUT2D eigenvalue weighted by Crippen LogP contribution is 2.04. The van der Waals surface area contributed by atoms with Gasteiger partial charge >= 0.3 is 5.97 Å². The molecule has 0 radical (unpaired) electrons. The highest BCUT2D eigenvalue weighted by Gasteiger charge is 2.03. The smallest absolute Gasteiger partial charge is 0.306 e. The van der Waals surface area contributed by atoms with Gasteiger partial charge in [-0.25, -0.2) is 0 Å². The Morgan fingerprint density at radius 1 is 0.821 bits per heavy atom. The fourth-order valence-electron chi connectivity index (χ4n) is 2.63. The van der Waals surface area contributed by atoms with Crippen molar-refractivity contribution >= 4 is 5.97 Å². The third-order valence-electron chi connectivity index (χ3n) is 4.04.